The topological polar surface area (TPSA) is 68.1 Å². The Kier molecular flexibility index (Phi) is 6.74. The van der Waals surface area contributed by atoms with E-state index in [9.17, 15) is 4.79 Å². The first-order valence-corrected chi connectivity index (χ1v) is 12.2. The van der Waals surface area contributed by atoms with Gasteiger partial charge in [0.1, 0.15) is 5.70 Å². The van der Waals surface area contributed by atoms with Gasteiger partial charge >= 0.3 is 0 Å². The quantitative estimate of drug-likeness (QED) is 0.401. The molecule has 0 unspecified atom stereocenters. The van der Waals surface area contributed by atoms with Crippen LogP contribution in [-0.2, 0) is 4.79 Å². The van der Waals surface area contributed by atoms with Gasteiger partial charge in [-0.2, -0.15) is 0 Å². The summed E-state index contributed by atoms with van der Waals surface area (Å²) in [6, 6.07) is 7.33. The molecule has 35 heavy (non-hydrogen) atoms. The third-order valence-corrected chi connectivity index (χ3v) is 6.26. The molecule has 0 fully saturated rings. The zero-order chi connectivity index (χ0) is 25.4. The van der Waals surface area contributed by atoms with Crippen molar-refractivity contribution in [1.82, 2.24) is 0 Å². The highest BCUT2D eigenvalue weighted by atomic mass is 35.5. The maximum Gasteiger partial charge on any atom is 0.186 e. The van der Waals surface area contributed by atoms with Crippen molar-refractivity contribution in [3.8, 4) is 11.5 Å². The standard InChI is InChI=1S/C29H31ClN2O3/c1-28(2,3)19-16-18(17-20(27(19)33)29(4,5)6)26(32-31-22-11-8-7-10-21(22)30)25-14-13-24(35-25)23-12-9-15-34-23/h9-17H,7-8H2,1-6H3. The van der Waals surface area contributed by atoms with Gasteiger partial charge in [-0.15, -0.1) is 10.2 Å². The summed E-state index contributed by atoms with van der Waals surface area (Å²) in [7, 11) is 0. The van der Waals surface area contributed by atoms with Gasteiger partial charge in [-0.05, 0) is 60.1 Å². The molecule has 2 aromatic rings. The van der Waals surface area contributed by atoms with Crippen LogP contribution in [0.15, 0.2) is 101 Å². The molecule has 0 bridgehead atoms. The smallest absolute Gasteiger partial charge is 0.186 e. The monoisotopic (exact) mass is 490 g/mol. The number of hydrogen-bond acceptors (Lipinski definition) is 5. The second-order valence-electron chi connectivity index (χ2n) is 10.8. The number of carbonyl (C=O) groups excluding carboxylic acids is 1. The zero-order valence-electron chi connectivity index (χ0n) is 21.1. The molecule has 6 heteroatoms. The first-order valence-electron chi connectivity index (χ1n) is 11.8. The van der Waals surface area contributed by atoms with Gasteiger partial charge in [0, 0.05) is 16.7 Å². The minimum Gasteiger partial charge on any atom is -0.461 e. The van der Waals surface area contributed by atoms with Crippen molar-refractivity contribution in [2.75, 3.05) is 0 Å². The lowest BCUT2D eigenvalue weighted by Crippen LogP contribution is -2.28. The Morgan fingerprint density at radius 1 is 0.914 bits per heavy atom. The number of allylic oxidation sites excluding steroid dienone is 8. The fourth-order valence-electron chi connectivity index (χ4n) is 3.97. The molecule has 2 heterocycles. The number of Topliss-reactive ketones (excluding diaryl/α,β-unsaturated/α-hetero) is 1. The summed E-state index contributed by atoms with van der Waals surface area (Å²) < 4.78 is 11.7. The van der Waals surface area contributed by atoms with Crippen LogP contribution < -0.4 is 0 Å². The van der Waals surface area contributed by atoms with Crippen LogP contribution in [0.3, 0.4) is 0 Å². The van der Waals surface area contributed by atoms with E-state index >= 15 is 0 Å². The summed E-state index contributed by atoms with van der Waals surface area (Å²) in [5.74, 6) is 1.78. The van der Waals surface area contributed by atoms with Crippen LogP contribution in [0.5, 0.6) is 0 Å². The second-order valence-corrected chi connectivity index (χ2v) is 11.2. The van der Waals surface area contributed by atoms with Gasteiger partial charge in [0.15, 0.2) is 23.1 Å². The Bertz CT molecular complexity index is 1280. The van der Waals surface area contributed by atoms with Gasteiger partial charge in [-0.3, -0.25) is 4.79 Å². The molecular weight excluding hydrogens is 460 g/mol. The number of nitrogens with zero attached hydrogens (tertiary/aromatic N) is 2. The number of ketones is 1. The Labute approximate surface area is 211 Å². The lowest BCUT2D eigenvalue weighted by Gasteiger charge is -2.31. The van der Waals surface area contributed by atoms with E-state index in [1.54, 1.807) is 6.26 Å². The molecule has 0 amide bonds. The van der Waals surface area contributed by atoms with Gasteiger partial charge in [-0.1, -0.05) is 65.3 Å². The van der Waals surface area contributed by atoms with Gasteiger partial charge in [0.05, 0.1) is 17.0 Å². The highest BCUT2D eigenvalue weighted by molar-refractivity contribution is 6.32. The van der Waals surface area contributed by atoms with Crippen LogP contribution in [0.4, 0.5) is 0 Å². The lowest BCUT2D eigenvalue weighted by atomic mass is 9.71. The Hall–Kier alpha value is -3.18. The number of rotatable bonds is 4. The van der Waals surface area contributed by atoms with Crippen molar-refractivity contribution < 1.29 is 13.6 Å². The number of halogens is 1. The predicted molar refractivity (Wildman–Crippen MR) is 140 cm³/mol. The fraction of sp³-hybridized carbons (Fsp3) is 0.345. The average molecular weight is 491 g/mol. The first kappa shape index (κ1) is 24.9. The normalized spacial score (nSPS) is 17.3. The van der Waals surface area contributed by atoms with Crippen molar-refractivity contribution in [3.63, 3.8) is 0 Å². The van der Waals surface area contributed by atoms with Crippen LogP contribution >= 0.6 is 11.6 Å². The SMILES string of the molecule is CC(C)(C)C1=CC(=C(N=NC2=CCCC=C2Cl)c2ccc(-c3ccco3)o2)C=C(C(C)(C)C)C1=O. The van der Waals surface area contributed by atoms with Crippen molar-refractivity contribution in [1.29, 1.82) is 0 Å². The molecule has 2 aliphatic carbocycles. The van der Waals surface area contributed by atoms with E-state index in [2.05, 4.69) is 10.2 Å². The van der Waals surface area contributed by atoms with Crippen molar-refractivity contribution in [2.45, 2.75) is 54.4 Å². The first-order chi connectivity index (χ1) is 16.4. The van der Waals surface area contributed by atoms with E-state index in [1.165, 1.54) is 0 Å². The molecule has 0 spiro atoms. The van der Waals surface area contributed by atoms with Crippen LogP contribution in [0, 0.1) is 10.8 Å². The van der Waals surface area contributed by atoms with Crippen molar-refractivity contribution >= 4 is 23.1 Å². The molecule has 182 valence electrons. The number of furan rings is 2. The fourth-order valence-corrected chi connectivity index (χ4v) is 4.19. The number of azo groups is 1. The highest BCUT2D eigenvalue weighted by Crippen LogP contribution is 2.41. The third-order valence-electron chi connectivity index (χ3n) is 5.91. The Morgan fingerprint density at radius 2 is 1.57 bits per heavy atom. The molecule has 0 aliphatic heterocycles. The minimum atomic E-state index is -0.351. The van der Waals surface area contributed by atoms with Crippen LogP contribution in [0.1, 0.15) is 60.1 Å². The van der Waals surface area contributed by atoms with Gasteiger partial charge < -0.3 is 8.83 Å². The second kappa shape index (κ2) is 9.46. The summed E-state index contributed by atoms with van der Waals surface area (Å²) in [6.07, 6.45) is 11.1. The predicted octanol–water partition coefficient (Wildman–Crippen LogP) is 9.03. The molecular formula is C29H31ClN2O3. The molecule has 0 aromatic carbocycles. The lowest BCUT2D eigenvalue weighted by molar-refractivity contribution is -0.114. The largest absolute Gasteiger partial charge is 0.461 e. The zero-order valence-corrected chi connectivity index (χ0v) is 21.9. The molecule has 0 N–H and O–H groups in total. The summed E-state index contributed by atoms with van der Waals surface area (Å²) >= 11 is 6.37. The van der Waals surface area contributed by atoms with Crippen LogP contribution in [0.2, 0.25) is 0 Å². The summed E-state index contributed by atoms with van der Waals surface area (Å²) in [5.41, 5.74) is 2.65. The van der Waals surface area contributed by atoms with E-state index in [0.29, 0.717) is 33.7 Å². The molecule has 2 aliphatic rings. The minimum absolute atomic E-state index is 0.0572. The molecule has 4 rings (SSSR count). The Morgan fingerprint density at radius 3 is 2.14 bits per heavy atom. The van der Waals surface area contributed by atoms with Crippen molar-refractivity contribution in [2.24, 2.45) is 21.1 Å². The molecule has 0 atom stereocenters. The van der Waals surface area contributed by atoms with E-state index < -0.39 is 0 Å². The van der Waals surface area contributed by atoms with Gasteiger partial charge in [-0.25, -0.2) is 0 Å². The van der Waals surface area contributed by atoms with E-state index in [0.717, 1.165) is 29.6 Å². The van der Waals surface area contributed by atoms with Gasteiger partial charge in [0.2, 0.25) is 0 Å². The summed E-state index contributed by atoms with van der Waals surface area (Å²) in [6.45, 7) is 12.3. The molecule has 0 saturated heterocycles. The van der Waals surface area contributed by atoms with Crippen molar-refractivity contribution in [3.05, 3.63) is 88.0 Å². The van der Waals surface area contributed by atoms with Gasteiger partial charge in [0.25, 0.3) is 0 Å². The molecule has 0 radical (unpaired) electrons. The van der Waals surface area contributed by atoms with Crippen LogP contribution in [-0.4, -0.2) is 5.78 Å². The maximum absolute atomic E-state index is 13.4. The average Bonchev–Trinajstić information content (AvgIpc) is 3.46. The molecule has 2 aromatic heterocycles. The van der Waals surface area contributed by atoms with E-state index in [-0.39, 0.29) is 16.6 Å². The van der Waals surface area contributed by atoms with Crippen LogP contribution in [0.25, 0.3) is 17.2 Å². The highest BCUT2D eigenvalue weighted by Gasteiger charge is 2.35. The summed E-state index contributed by atoms with van der Waals surface area (Å²) in [5, 5.41) is 9.69. The summed E-state index contributed by atoms with van der Waals surface area (Å²) in [4.78, 5) is 13.4. The number of carbonyl (C=O) groups is 1. The third kappa shape index (κ3) is 5.40. The Balaban J connectivity index is 1.93. The van der Waals surface area contributed by atoms with E-state index in [4.69, 9.17) is 20.4 Å². The molecule has 0 saturated carbocycles. The maximum atomic E-state index is 13.4. The number of hydrogen-bond donors (Lipinski definition) is 0. The molecule has 5 nitrogen and oxygen atoms in total. The van der Waals surface area contributed by atoms with E-state index in [1.807, 2.05) is 90.1 Å².